The summed E-state index contributed by atoms with van der Waals surface area (Å²) in [6.45, 7) is 1.76. The lowest BCUT2D eigenvalue weighted by atomic mass is 9.95. The SMILES string of the molecule is CCC(=O)N1N=C(c2c(O)n(C3CCCCC3)c(=O)[nH]c2=O)CC1c1ccccc1. The van der Waals surface area contributed by atoms with Gasteiger partial charge in [0.2, 0.25) is 11.8 Å². The summed E-state index contributed by atoms with van der Waals surface area (Å²) in [7, 11) is 0. The minimum Gasteiger partial charge on any atom is -0.494 e. The number of hydrogen-bond donors (Lipinski definition) is 2. The molecule has 2 heterocycles. The summed E-state index contributed by atoms with van der Waals surface area (Å²) in [6, 6.07) is 8.97. The molecule has 158 valence electrons. The molecule has 0 bridgehead atoms. The average Bonchev–Trinajstić information content (AvgIpc) is 3.19. The van der Waals surface area contributed by atoms with E-state index in [1.807, 2.05) is 30.3 Å². The Bertz CT molecular complexity index is 1080. The van der Waals surface area contributed by atoms with Gasteiger partial charge >= 0.3 is 5.69 Å². The Morgan fingerprint density at radius 3 is 2.53 bits per heavy atom. The molecule has 1 aromatic carbocycles. The summed E-state index contributed by atoms with van der Waals surface area (Å²) < 4.78 is 1.29. The lowest BCUT2D eigenvalue weighted by Gasteiger charge is -2.25. The lowest BCUT2D eigenvalue weighted by Crippen LogP contribution is -2.36. The number of hydrogen-bond acceptors (Lipinski definition) is 5. The Balaban J connectivity index is 1.79. The number of H-pyrrole nitrogens is 1. The van der Waals surface area contributed by atoms with Crippen LogP contribution < -0.4 is 11.2 Å². The van der Waals surface area contributed by atoms with Gasteiger partial charge in [-0.2, -0.15) is 5.10 Å². The third kappa shape index (κ3) is 3.58. The van der Waals surface area contributed by atoms with Crippen LogP contribution >= 0.6 is 0 Å². The standard InChI is InChI=1S/C22H26N4O4/c1-2-18(27)26-17(14-9-5-3-6-10-14)13-16(24-26)19-20(28)23-22(30)25(21(19)29)15-11-7-4-8-12-15/h3,5-6,9-10,15,17,29H,2,4,7-8,11-13H2,1H3,(H,23,28,30). The highest BCUT2D eigenvalue weighted by atomic mass is 16.3. The van der Waals surface area contributed by atoms with Crippen LogP contribution in [0.4, 0.5) is 0 Å². The van der Waals surface area contributed by atoms with Gasteiger partial charge in [0.1, 0.15) is 5.56 Å². The molecule has 0 spiro atoms. The predicted octanol–water partition coefficient (Wildman–Crippen LogP) is 2.84. The molecular weight excluding hydrogens is 384 g/mol. The van der Waals surface area contributed by atoms with Crippen molar-refractivity contribution in [1.29, 1.82) is 0 Å². The van der Waals surface area contributed by atoms with Crippen molar-refractivity contribution in [2.24, 2.45) is 5.10 Å². The molecule has 8 nitrogen and oxygen atoms in total. The first-order valence-corrected chi connectivity index (χ1v) is 10.5. The van der Waals surface area contributed by atoms with Crippen molar-refractivity contribution in [1.82, 2.24) is 14.6 Å². The normalized spacial score (nSPS) is 19.7. The van der Waals surface area contributed by atoms with Gasteiger partial charge in [-0.25, -0.2) is 9.80 Å². The number of amides is 1. The molecule has 1 aromatic heterocycles. The molecule has 0 radical (unpaired) electrons. The van der Waals surface area contributed by atoms with E-state index in [9.17, 15) is 19.5 Å². The summed E-state index contributed by atoms with van der Waals surface area (Å²) in [4.78, 5) is 40.0. The van der Waals surface area contributed by atoms with Gasteiger partial charge in [-0.1, -0.05) is 56.5 Å². The molecule has 8 heteroatoms. The average molecular weight is 410 g/mol. The maximum absolute atomic E-state index is 12.7. The van der Waals surface area contributed by atoms with Crippen LogP contribution in [0.2, 0.25) is 0 Å². The minimum absolute atomic E-state index is 0.0208. The quantitative estimate of drug-likeness (QED) is 0.808. The second-order valence-corrected chi connectivity index (χ2v) is 7.89. The smallest absolute Gasteiger partial charge is 0.331 e. The Hall–Kier alpha value is -3.16. The van der Waals surface area contributed by atoms with E-state index < -0.39 is 11.2 Å². The van der Waals surface area contributed by atoms with Crippen LogP contribution in [0.3, 0.4) is 0 Å². The van der Waals surface area contributed by atoms with Gasteiger partial charge in [0.15, 0.2) is 0 Å². The summed E-state index contributed by atoms with van der Waals surface area (Å²) in [5.74, 6) is -0.526. The van der Waals surface area contributed by atoms with Crippen molar-refractivity contribution in [3.05, 3.63) is 62.3 Å². The van der Waals surface area contributed by atoms with E-state index >= 15 is 0 Å². The van der Waals surface area contributed by atoms with Crippen LogP contribution in [0.1, 0.15) is 75.1 Å². The predicted molar refractivity (Wildman–Crippen MR) is 113 cm³/mol. The van der Waals surface area contributed by atoms with E-state index in [-0.39, 0.29) is 42.3 Å². The molecule has 1 saturated carbocycles. The highest BCUT2D eigenvalue weighted by molar-refractivity contribution is 6.04. The monoisotopic (exact) mass is 410 g/mol. The molecule has 1 unspecified atom stereocenters. The van der Waals surface area contributed by atoms with Crippen molar-refractivity contribution in [3.63, 3.8) is 0 Å². The van der Waals surface area contributed by atoms with Crippen LogP contribution in [0.5, 0.6) is 5.88 Å². The number of nitrogens with one attached hydrogen (secondary N) is 1. The topological polar surface area (TPSA) is 108 Å². The second kappa shape index (κ2) is 8.30. The third-order valence-corrected chi connectivity index (χ3v) is 6.00. The zero-order valence-electron chi connectivity index (χ0n) is 17.0. The number of benzene rings is 1. The number of carbonyl (C=O) groups excluding carboxylic acids is 1. The fraction of sp³-hybridized carbons (Fsp3) is 0.455. The number of aromatic nitrogens is 2. The van der Waals surface area contributed by atoms with E-state index in [0.717, 1.165) is 37.7 Å². The first-order valence-electron chi connectivity index (χ1n) is 10.5. The van der Waals surface area contributed by atoms with E-state index in [1.54, 1.807) is 6.92 Å². The number of hydrazone groups is 1. The zero-order valence-corrected chi connectivity index (χ0v) is 17.0. The van der Waals surface area contributed by atoms with Gasteiger partial charge in [0, 0.05) is 18.9 Å². The molecule has 4 rings (SSSR count). The molecule has 1 aliphatic carbocycles. The summed E-state index contributed by atoms with van der Waals surface area (Å²) >= 11 is 0. The number of carbonyl (C=O) groups is 1. The van der Waals surface area contributed by atoms with Gasteiger partial charge in [-0.3, -0.25) is 19.1 Å². The number of aromatic amines is 1. The van der Waals surface area contributed by atoms with Crippen molar-refractivity contribution < 1.29 is 9.90 Å². The van der Waals surface area contributed by atoms with Gasteiger partial charge in [0.25, 0.3) is 5.56 Å². The van der Waals surface area contributed by atoms with Crippen molar-refractivity contribution in [2.75, 3.05) is 0 Å². The van der Waals surface area contributed by atoms with E-state index in [2.05, 4.69) is 10.1 Å². The van der Waals surface area contributed by atoms with Crippen LogP contribution in [0.15, 0.2) is 45.0 Å². The fourth-order valence-electron chi connectivity index (χ4n) is 4.46. The summed E-state index contributed by atoms with van der Waals surface area (Å²) in [5, 5.41) is 16.8. The lowest BCUT2D eigenvalue weighted by molar-refractivity contribution is -0.132. The van der Waals surface area contributed by atoms with E-state index in [1.165, 1.54) is 9.58 Å². The highest BCUT2D eigenvalue weighted by Crippen LogP contribution is 2.35. The Morgan fingerprint density at radius 2 is 1.87 bits per heavy atom. The molecular formula is C22H26N4O4. The molecule has 1 fully saturated rings. The maximum atomic E-state index is 12.7. The first kappa shape index (κ1) is 20.1. The molecule has 1 aliphatic heterocycles. The molecule has 1 atom stereocenters. The van der Waals surface area contributed by atoms with Gasteiger partial charge in [-0.15, -0.1) is 0 Å². The summed E-state index contributed by atoms with van der Waals surface area (Å²) in [6.07, 6.45) is 5.15. The van der Waals surface area contributed by atoms with Crippen molar-refractivity contribution >= 4 is 11.6 Å². The Labute approximate surface area is 173 Å². The third-order valence-electron chi connectivity index (χ3n) is 6.00. The van der Waals surface area contributed by atoms with Crippen LogP contribution in [0.25, 0.3) is 0 Å². The zero-order chi connectivity index (χ0) is 21.3. The highest BCUT2D eigenvalue weighted by Gasteiger charge is 2.35. The molecule has 2 aliphatic rings. The van der Waals surface area contributed by atoms with Crippen molar-refractivity contribution in [3.8, 4) is 5.88 Å². The number of aromatic hydroxyl groups is 1. The number of rotatable bonds is 4. The Morgan fingerprint density at radius 1 is 1.17 bits per heavy atom. The largest absolute Gasteiger partial charge is 0.494 e. The maximum Gasteiger partial charge on any atom is 0.331 e. The van der Waals surface area contributed by atoms with E-state index in [0.29, 0.717) is 5.71 Å². The number of nitrogens with zero attached hydrogens (tertiary/aromatic N) is 3. The fourth-order valence-corrected chi connectivity index (χ4v) is 4.46. The first-order chi connectivity index (χ1) is 14.5. The Kier molecular flexibility index (Phi) is 5.57. The molecule has 2 aromatic rings. The van der Waals surface area contributed by atoms with Crippen LogP contribution in [-0.2, 0) is 4.79 Å². The minimum atomic E-state index is -0.680. The molecule has 30 heavy (non-hydrogen) atoms. The molecule has 1 amide bonds. The molecule has 2 N–H and O–H groups in total. The van der Waals surface area contributed by atoms with Crippen molar-refractivity contribution in [2.45, 2.75) is 64.0 Å². The molecule has 0 saturated heterocycles. The summed E-state index contributed by atoms with van der Waals surface area (Å²) in [5.41, 5.74) is -0.0928. The van der Waals surface area contributed by atoms with E-state index in [4.69, 9.17) is 0 Å². The van der Waals surface area contributed by atoms with Crippen LogP contribution in [-0.4, -0.2) is 31.3 Å². The van der Waals surface area contributed by atoms with Gasteiger partial charge in [0.05, 0.1) is 11.8 Å². The van der Waals surface area contributed by atoms with Crippen LogP contribution in [0, 0.1) is 0 Å². The second-order valence-electron chi connectivity index (χ2n) is 7.89. The van der Waals surface area contributed by atoms with Gasteiger partial charge in [-0.05, 0) is 18.4 Å². The van der Waals surface area contributed by atoms with Gasteiger partial charge < -0.3 is 5.11 Å².